The summed E-state index contributed by atoms with van der Waals surface area (Å²) in [6, 6.07) is 8.80. The van der Waals surface area contributed by atoms with Crippen molar-refractivity contribution in [2.75, 3.05) is 6.54 Å². The summed E-state index contributed by atoms with van der Waals surface area (Å²) in [5.74, 6) is -1.72. The fourth-order valence-corrected chi connectivity index (χ4v) is 4.30. The number of hydrogen-bond acceptors (Lipinski definition) is 5. The maximum Gasteiger partial charge on any atom is 0.344 e. The Labute approximate surface area is 169 Å². The number of carbonyl (C=O) groups excluding carboxylic acids is 1. The van der Waals surface area contributed by atoms with Gasteiger partial charge in [-0.1, -0.05) is 22.7 Å². The average molecular weight is 439 g/mol. The molecular weight excluding hydrogens is 423 g/mol. The Bertz CT molecular complexity index is 1200. The molecule has 0 aliphatic carbocycles. The van der Waals surface area contributed by atoms with Crippen molar-refractivity contribution in [2.45, 2.75) is 18.6 Å². The van der Waals surface area contributed by atoms with E-state index in [-0.39, 0.29) is 17.5 Å². The van der Waals surface area contributed by atoms with Crippen LogP contribution in [0, 0.1) is 5.82 Å². The molecule has 1 saturated heterocycles. The smallest absolute Gasteiger partial charge is 0.268 e. The summed E-state index contributed by atoms with van der Waals surface area (Å²) < 4.78 is 69.6. The molecule has 4 rings (SSSR count). The van der Waals surface area contributed by atoms with E-state index in [0.717, 1.165) is 18.3 Å². The van der Waals surface area contributed by atoms with Gasteiger partial charge < -0.3 is 0 Å². The van der Waals surface area contributed by atoms with Crippen LogP contribution in [0.1, 0.15) is 28.4 Å². The predicted octanol–water partition coefficient (Wildman–Crippen LogP) is 2.33. The maximum absolute atomic E-state index is 14.9. The molecule has 1 aliphatic heterocycles. The first kappa shape index (κ1) is 20.3. The molecule has 158 valence electrons. The molecular formula is C18H16F3N5O3S. The van der Waals surface area contributed by atoms with Crippen molar-refractivity contribution in [3.63, 3.8) is 0 Å². The first-order valence-electron chi connectivity index (χ1n) is 8.88. The highest BCUT2D eigenvalue weighted by Crippen LogP contribution is 2.36. The van der Waals surface area contributed by atoms with Crippen molar-refractivity contribution < 1.29 is 26.5 Å². The van der Waals surface area contributed by atoms with E-state index in [0.29, 0.717) is 10.5 Å². The summed E-state index contributed by atoms with van der Waals surface area (Å²) in [6.07, 6.45) is 0.923. The Hall–Kier alpha value is -2.96. The molecule has 0 radical (unpaired) electrons. The molecule has 1 aliphatic rings. The van der Waals surface area contributed by atoms with Crippen molar-refractivity contribution in [2.24, 2.45) is 0 Å². The lowest BCUT2D eigenvalue weighted by Gasteiger charge is -2.28. The van der Waals surface area contributed by atoms with Gasteiger partial charge in [-0.15, -0.1) is 0 Å². The second kappa shape index (κ2) is 7.70. The Balaban J connectivity index is 1.57. The zero-order chi connectivity index (χ0) is 21.5. The number of halogens is 3. The van der Waals surface area contributed by atoms with Gasteiger partial charge in [0.25, 0.3) is 5.91 Å². The minimum absolute atomic E-state index is 0.0842. The fraction of sp³-hybridized carbons (Fsp3) is 0.222. The maximum atomic E-state index is 14.9. The summed E-state index contributed by atoms with van der Waals surface area (Å²) >= 11 is 0. The Kier molecular flexibility index (Phi) is 5.22. The van der Waals surface area contributed by atoms with E-state index in [2.05, 4.69) is 5.10 Å². The first-order chi connectivity index (χ1) is 14.3. The summed E-state index contributed by atoms with van der Waals surface area (Å²) in [7, 11) is -5.02. The number of carbonyl (C=O) groups is 1. The van der Waals surface area contributed by atoms with Crippen LogP contribution in [-0.4, -0.2) is 46.3 Å². The molecule has 30 heavy (non-hydrogen) atoms. The lowest BCUT2D eigenvalue weighted by atomic mass is 10.0. The zero-order valence-corrected chi connectivity index (χ0v) is 16.1. The molecule has 0 spiro atoms. The lowest BCUT2D eigenvalue weighted by molar-refractivity contribution is -0.0993. The molecule has 0 bridgehead atoms. The number of hydrazine groups is 1. The molecule has 1 aromatic carbocycles. The van der Waals surface area contributed by atoms with Gasteiger partial charge in [0.1, 0.15) is 12.0 Å². The van der Waals surface area contributed by atoms with E-state index in [1.54, 1.807) is 23.1 Å². The largest absolute Gasteiger partial charge is 0.344 e. The summed E-state index contributed by atoms with van der Waals surface area (Å²) in [5, 5.41) is 4.52. The van der Waals surface area contributed by atoms with E-state index in [9.17, 15) is 26.5 Å². The monoisotopic (exact) mass is 439 g/mol. The SMILES string of the molecule is O=C(NS(=O)(=O)N(F)N1C[C@@H](F)C[C@@H]1c1cccc(F)c1)c1cnn2ccccc12. The standard InChI is InChI=1S/C18H16F3N5O3S/c19-13-5-3-4-12(8-13)17-9-14(20)11-25(17)26(21)30(28,29)23-18(27)15-10-22-24-7-2-1-6-16(15)24/h1-8,10,14,17H,9,11H2,(H,23,27)/t14-,17+/m0/s1. The van der Waals surface area contributed by atoms with Gasteiger partial charge in [-0.3, -0.25) is 4.79 Å². The number of hydrogen-bond donors (Lipinski definition) is 1. The topological polar surface area (TPSA) is 87.0 Å². The van der Waals surface area contributed by atoms with E-state index in [1.807, 2.05) is 0 Å². The van der Waals surface area contributed by atoms with Gasteiger partial charge in [-0.05, 0) is 29.8 Å². The number of benzene rings is 1. The second-order valence-electron chi connectivity index (χ2n) is 6.75. The Morgan fingerprint density at radius 2 is 2.03 bits per heavy atom. The fourth-order valence-electron chi connectivity index (χ4n) is 3.42. The van der Waals surface area contributed by atoms with Crippen LogP contribution >= 0.6 is 0 Å². The van der Waals surface area contributed by atoms with Crippen molar-refractivity contribution in [3.05, 3.63) is 71.8 Å². The van der Waals surface area contributed by atoms with Gasteiger partial charge in [0.2, 0.25) is 0 Å². The summed E-state index contributed by atoms with van der Waals surface area (Å²) in [5.41, 5.74) is 0.444. The van der Waals surface area contributed by atoms with Crippen LogP contribution in [0.2, 0.25) is 0 Å². The minimum atomic E-state index is -5.02. The van der Waals surface area contributed by atoms with E-state index < -0.39 is 45.3 Å². The average Bonchev–Trinajstić information content (AvgIpc) is 3.30. The van der Waals surface area contributed by atoms with E-state index in [4.69, 9.17) is 0 Å². The number of pyridine rings is 1. The van der Waals surface area contributed by atoms with Gasteiger partial charge >= 0.3 is 10.2 Å². The molecule has 1 amide bonds. The molecule has 8 nitrogen and oxygen atoms in total. The highest BCUT2D eigenvalue weighted by atomic mass is 32.2. The number of nitrogens with one attached hydrogen (secondary N) is 1. The number of alkyl halides is 1. The summed E-state index contributed by atoms with van der Waals surface area (Å²) in [6.45, 7) is -0.580. The molecule has 0 unspecified atom stereocenters. The third-order valence-electron chi connectivity index (χ3n) is 4.75. The quantitative estimate of drug-likeness (QED) is 0.617. The zero-order valence-electron chi connectivity index (χ0n) is 15.3. The Morgan fingerprint density at radius 1 is 1.23 bits per heavy atom. The number of amides is 1. The van der Waals surface area contributed by atoms with Gasteiger partial charge in [0.15, 0.2) is 0 Å². The van der Waals surface area contributed by atoms with Crippen molar-refractivity contribution >= 4 is 21.6 Å². The van der Waals surface area contributed by atoms with Crippen LogP contribution in [0.4, 0.5) is 13.3 Å². The van der Waals surface area contributed by atoms with Crippen LogP contribution in [0.15, 0.2) is 54.9 Å². The predicted molar refractivity (Wildman–Crippen MR) is 99.9 cm³/mol. The minimum Gasteiger partial charge on any atom is -0.268 e. The van der Waals surface area contributed by atoms with Crippen molar-refractivity contribution in [1.82, 2.24) is 24.0 Å². The second-order valence-corrected chi connectivity index (χ2v) is 8.20. The highest BCUT2D eigenvalue weighted by Gasteiger charge is 2.43. The lowest BCUT2D eigenvalue weighted by Crippen LogP contribution is -2.48. The van der Waals surface area contributed by atoms with Gasteiger partial charge in [-0.25, -0.2) is 18.0 Å². The third-order valence-corrected chi connectivity index (χ3v) is 5.80. The Morgan fingerprint density at radius 3 is 2.80 bits per heavy atom. The first-order valence-corrected chi connectivity index (χ1v) is 10.3. The third kappa shape index (κ3) is 3.76. The number of nitrogens with zero attached hydrogens (tertiary/aromatic N) is 4. The van der Waals surface area contributed by atoms with Crippen molar-refractivity contribution in [1.29, 1.82) is 0 Å². The highest BCUT2D eigenvalue weighted by molar-refractivity contribution is 7.87. The number of aromatic nitrogens is 2. The molecule has 3 heterocycles. The van der Waals surface area contributed by atoms with Crippen LogP contribution in [0.25, 0.3) is 5.52 Å². The van der Waals surface area contributed by atoms with E-state index in [1.165, 1.54) is 22.7 Å². The van der Waals surface area contributed by atoms with Gasteiger partial charge in [-0.2, -0.15) is 18.5 Å². The normalized spacial score (nSPS) is 20.1. The van der Waals surface area contributed by atoms with Crippen molar-refractivity contribution in [3.8, 4) is 0 Å². The van der Waals surface area contributed by atoms with Crippen LogP contribution in [0.3, 0.4) is 0 Å². The van der Waals surface area contributed by atoms with Crippen LogP contribution < -0.4 is 4.72 Å². The molecule has 0 saturated carbocycles. The number of rotatable bonds is 5. The molecule has 12 heteroatoms. The van der Waals surface area contributed by atoms with E-state index >= 15 is 0 Å². The summed E-state index contributed by atoms with van der Waals surface area (Å²) in [4.78, 5) is 12.4. The van der Waals surface area contributed by atoms with Crippen LogP contribution in [-0.2, 0) is 10.2 Å². The molecule has 2 atom stereocenters. The van der Waals surface area contributed by atoms with Gasteiger partial charge in [0.05, 0.1) is 28.0 Å². The van der Waals surface area contributed by atoms with Gasteiger partial charge in [0, 0.05) is 19.2 Å². The number of fused-ring (bicyclic) bond motifs is 1. The molecule has 2 aromatic heterocycles. The molecule has 1 fully saturated rings. The molecule has 1 N–H and O–H groups in total. The molecule has 3 aromatic rings. The van der Waals surface area contributed by atoms with Crippen LogP contribution in [0.5, 0.6) is 0 Å².